The van der Waals surface area contributed by atoms with E-state index < -0.39 is 0 Å². The number of nitrogens with one attached hydrogen (secondary N) is 2. The monoisotopic (exact) mass is 238 g/mol. The number of likely N-dealkylation sites (N-methyl/N-ethyl adjacent to an activating group) is 2. The van der Waals surface area contributed by atoms with E-state index in [1.54, 1.807) is 0 Å². The lowest BCUT2D eigenvalue weighted by molar-refractivity contribution is 0.270. The molecule has 0 heterocycles. The van der Waals surface area contributed by atoms with Gasteiger partial charge in [-0.05, 0) is 38.7 Å². The van der Waals surface area contributed by atoms with Crippen LogP contribution in [0.15, 0.2) is 18.2 Å². The second kappa shape index (κ2) is 7.92. The van der Waals surface area contributed by atoms with E-state index in [9.17, 15) is 0 Å². The minimum Gasteiger partial charge on any atom is -0.488 e. The predicted molar refractivity (Wildman–Crippen MR) is 70.0 cm³/mol. The molecule has 0 atom stereocenters. The number of hydrogen-bond acceptors (Lipinski definition) is 4. The maximum Gasteiger partial charge on any atom is 0.161 e. The zero-order valence-electron chi connectivity index (χ0n) is 10.9. The number of benzene rings is 1. The molecule has 0 bridgehead atoms. The van der Waals surface area contributed by atoms with E-state index in [0.717, 1.165) is 24.6 Å². The SMILES string of the molecule is CNCCOc1ccc(C)cc1OCCNC. The van der Waals surface area contributed by atoms with Gasteiger partial charge in [0.25, 0.3) is 0 Å². The molecule has 0 saturated carbocycles. The van der Waals surface area contributed by atoms with Crippen molar-refractivity contribution in [3.63, 3.8) is 0 Å². The molecule has 0 aliphatic carbocycles. The first kappa shape index (κ1) is 13.8. The van der Waals surface area contributed by atoms with Gasteiger partial charge in [0.05, 0.1) is 0 Å². The summed E-state index contributed by atoms with van der Waals surface area (Å²) in [5, 5.41) is 6.09. The zero-order valence-corrected chi connectivity index (χ0v) is 10.9. The summed E-state index contributed by atoms with van der Waals surface area (Å²) in [7, 11) is 3.81. The third kappa shape index (κ3) is 5.06. The van der Waals surface area contributed by atoms with Crippen LogP contribution in [0.3, 0.4) is 0 Å². The maximum atomic E-state index is 5.68. The fourth-order valence-electron chi connectivity index (χ4n) is 1.37. The zero-order chi connectivity index (χ0) is 12.5. The van der Waals surface area contributed by atoms with E-state index in [4.69, 9.17) is 9.47 Å². The summed E-state index contributed by atoms with van der Waals surface area (Å²) in [4.78, 5) is 0. The average molecular weight is 238 g/mol. The lowest BCUT2D eigenvalue weighted by Gasteiger charge is -2.13. The van der Waals surface area contributed by atoms with Crippen LogP contribution in [-0.4, -0.2) is 40.4 Å². The molecule has 4 nitrogen and oxygen atoms in total. The van der Waals surface area contributed by atoms with Crippen molar-refractivity contribution in [1.29, 1.82) is 0 Å². The molecule has 2 N–H and O–H groups in total. The lowest BCUT2D eigenvalue weighted by atomic mass is 10.2. The number of aryl methyl sites for hydroxylation is 1. The molecule has 17 heavy (non-hydrogen) atoms. The van der Waals surface area contributed by atoms with Gasteiger partial charge >= 0.3 is 0 Å². The molecule has 4 heteroatoms. The molecular weight excluding hydrogens is 216 g/mol. The van der Waals surface area contributed by atoms with Crippen LogP contribution in [0.1, 0.15) is 5.56 Å². The van der Waals surface area contributed by atoms with Gasteiger partial charge in [-0.3, -0.25) is 0 Å². The Hall–Kier alpha value is -1.26. The van der Waals surface area contributed by atoms with E-state index in [1.807, 2.05) is 39.2 Å². The first-order chi connectivity index (χ1) is 8.27. The van der Waals surface area contributed by atoms with Crippen molar-refractivity contribution in [3.05, 3.63) is 23.8 Å². The molecule has 0 fully saturated rings. The molecule has 1 aromatic carbocycles. The minimum atomic E-state index is 0.641. The molecule has 0 spiro atoms. The van der Waals surface area contributed by atoms with Crippen LogP contribution in [0.25, 0.3) is 0 Å². The second-order valence-electron chi connectivity index (χ2n) is 3.85. The van der Waals surface area contributed by atoms with E-state index in [1.165, 1.54) is 5.56 Å². The Labute approximate surface area is 103 Å². The van der Waals surface area contributed by atoms with Crippen molar-refractivity contribution in [2.45, 2.75) is 6.92 Å². The third-order valence-corrected chi connectivity index (χ3v) is 2.32. The number of ether oxygens (including phenoxy) is 2. The summed E-state index contributed by atoms with van der Waals surface area (Å²) in [6.45, 7) is 4.97. The molecule has 0 saturated heterocycles. The molecule has 0 aliphatic rings. The standard InChI is InChI=1S/C13H22N2O2/c1-11-4-5-12(16-8-6-14-2)13(10-11)17-9-7-15-3/h4-5,10,14-15H,6-9H2,1-3H3. The van der Waals surface area contributed by atoms with Gasteiger partial charge in [-0.1, -0.05) is 6.07 Å². The molecule has 1 rings (SSSR count). The summed E-state index contributed by atoms with van der Waals surface area (Å²) in [5.74, 6) is 1.62. The van der Waals surface area contributed by atoms with E-state index >= 15 is 0 Å². The Morgan fingerprint density at radius 1 is 0.941 bits per heavy atom. The Bertz CT molecular complexity index is 329. The van der Waals surface area contributed by atoms with Crippen LogP contribution >= 0.6 is 0 Å². The van der Waals surface area contributed by atoms with Crippen LogP contribution < -0.4 is 20.1 Å². The summed E-state index contributed by atoms with van der Waals surface area (Å²) in [5.41, 5.74) is 1.17. The normalized spacial score (nSPS) is 10.3. The summed E-state index contributed by atoms with van der Waals surface area (Å²) in [6.07, 6.45) is 0. The molecule has 0 radical (unpaired) electrons. The fraction of sp³-hybridized carbons (Fsp3) is 0.538. The summed E-state index contributed by atoms with van der Waals surface area (Å²) in [6, 6.07) is 5.99. The van der Waals surface area contributed by atoms with Crippen molar-refractivity contribution < 1.29 is 9.47 Å². The van der Waals surface area contributed by atoms with Gasteiger partial charge in [-0.25, -0.2) is 0 Å². The largest absolute Gasteiger partial charge is 0.488 e. The van der Waals surface area contributed by atoms with Gasteiger partial charge in [0.2, 0.25) is 0 Å². The molecular formula is C13H22N2O2. The van der Waals surface area contributed by atoms with Crippen molar-refractivity contribution in [2.24, 2.45) is 0 Å². The highest BCUT2D eigenvalue weighted by Gasteiger charge is 2.05. The van der Waals surface area contributed by atoms with Crippen LogP contribution in [0.5, 0.6) is 11.5 Å². The van der Waals surface area contributed by atoms with Crippen molar-refractivity contribution in [1.82, 2.24) is 10.6 Å². The first-order valence-electron chi connectivity index (χ1n) is 5.93. The van der Waals surface area contributed by atoms with E-state index in [2.05, 4.69) is 10.6 Å². The Balaban J connectivity index is 2.59. The molecule has 0 aliphatic heterocycles. The van der Waals surface area contributed by atoms with Gasteiger partial charge in [0.1, 0.15) is 13.2 Å². The molecule has 0 unspecified atom stereocenters. The molecule has 0 amide bonds. The first-order valence-corrected chi connectivity index (χ1v) is 5.93. The van der Waals surface area contributed by atoms with Crippen LogP contribution in [-0.2, 0) is 0 Å². The topological polar surface area (TPSA) is 42.5 Å². The lowest BCUT2D eigenvalue weighted by Crippen LogP contribution is -2.18. The fourth-order valence-corrected chi connectivity index (χ4v) is 1.37. The Morgan fingerprint density at radius 3 is 2.12 bits per heavy atom. The van der Waals surface area contributed by atoms with Gasteiger partial charge in [-0.2, -0.15) is 0 Å². The maximum absolute atomic E-state index is 5.68. The second-order valence-corrected chi connectivity index (χ2v) is 3.85. The summed E-state index contributed by atoms with van der Waals surface area (Å²) >= 11 is 0. The Morgan fingerprint density at radius 2 is 1.53 bits per heavy atom. The highest BCUT2D eigenvalue weighted by molar-refractivity contribution is 5.42. The quantitative estimate of drug-likeness (QED) is 0.668. The Kier molecular flexibility index (Phi) is 6.43. The smallest absolute Gasteiger partial charge is 0.161 e. The minimum absolute atomic E-state index is 0.641. The molecule has 0 aromatic heterocycles. The van der Waals surface area contributed by atoms with Gasteiger partial charge in [0.15, 0.2) is 11.5 Å². The third-order valence-electron chi connectivity index (χ3n) is 2.32. The molecule has 1 aromatic rings. The van der Waals surface area contributed by atoms with Crippen molar-refractivity contribution >= 4 is 0 Å². The highest BCUT2D eigenvalue weighted by atomic mass is 16.5. The summed E-state index contributed by atoms with van der Waals surface area (Å²) < 4.78 is 11.3. The van der Waals surface area contributed by atoms with E-state index in [-0.39, 0.29) is 0 Å². The van der Waals surface area contributed by atoms with Crippen LogP contribution in [0.4, 0.5) is 0 Å². The van der Waals surface area contributed by atoms with Gasteiger partial charge in [0, 0.05) is 13.1 Å². The van der Waals surface area contributed by atoms with E-state index in [0.29, 0.717) is 13.2 Å². The van der Waals surface area contributed by atoms with Crippen LogP contribution in [0.2, 0.25) is 0 Å². The van der Waals surface area contributed by atoms with Gasteiger partial charge < -0.3 is 20.1 Å². The van der Waals surface area contributed by atoms with Crippen molar-refractivity contribution in [3.8, 4) is 11.5 Å². The molecule has 96 valence electrons. The highest BCUT2D eigenvalue weighted by Crippen LogP contribution is 2.27. The predicted octanol–water partition coefficient (Wildman–Crippen LogP) is 1.19. The van der Waals surface area contributed by atoms with Gasteiger partial charge in [-0.15, -0.1) is 0 Å². The number of rotatable bonds is 8. The van der Waals surface area contributed by atoms with Crippen LogP contribution in [0, 0.1) is 6.92 Å². The average Bonchev–Trinajstić information content (AvgIpc) is 2.32. The number of hydrogen-bond donors (Lipinski definition) is 2. The van der Waals surface area contributed by atoms with Crippen molar-refractivity contribution in [2.75, 3.05) is 40.4 Å².